The number of ether oxygens (including phenoxy) is 2. The van der Waals surface area contributed by atoms with Crippen LogP contribution in [0.4, 0.5) is 4.79 Å². The highest BCUT2D eigenvalue weighted by atomic mass is 16.6. The minimum absolute atomic E-state index is 0.0446. The molecule has 1 aromatic heterocycles. The second kappa shape index (κ2) is 3.34. The molecule has 3 aliphatic rings. The van der Waals surface area contributed by atoms with Crippen LogP contribution in [-0.4, -0.2) is 33.8 Å². The normalized spacial score (nSPS) is 40.0. The van der Waals surface area contributed by atoms with E-state index in [9.17, 15) is 9.59 Å². The lowest BCUT2D eigenvalue weighted by Crippen LogP contribution is -2.36. The number of hydrogen-bond donors (Lipinski definition) is 0. The maximum absolute atomic E-state index is 11.9. The zero-order valence-electron chi connectivity index (χ0n) is 9.56. The van der Waals surface area contributed by atoms with Gasteiger partial charge in [-0.05, 0) is 12.8 Å². The second-order valence-electron chi connectivity index (χ2n) is 5.22. The molecule has 1 saturated heterocycles. The monoisotopic (exact) mass is 248 g/mol. The van der Waals surface area contributed by atoms with Gasteiger partial charge in [0.25, 0.3) is 0 Å². The third-order valence-corrected chi connectivity index (χ3v) is 4.37. The van der Waals surface area contributed by atoms with Gasteiger partial charge in [0.1, 0.15) is 18.5 Å². The molecule has 6 heteroatoms. The van der Waals surface area contributed by atoms with E-state index < -0.39 is 6.09 Å². The Kier molecular flexibility index (Phi) is 1.87. The number of carbonyl (C=O) groups excluding carboxylic acids is 2. The van der Waals surface area contributed by atoms with Gasteiger partial charge in [-0.1, -0.05) is 0 Å². The highest BCUT2D eigenvalue weighted by molar-refractivity contribution is 5.77. The van der Waals surface area contributed by atoms with E-state index >= 15 is 0 Å². The molecule has 0 amide bonds. The predicted molar refractivity (Wildman–Crippen MR) is 57.5 cm³/mol. The minimum Gasteiger partial charge on any atom is -0.458 e. The number of esters is 1. The smallest absolute Gasteiger partial charge is 0.419 e. The summed E-state index contributed by atoms with van der Waals surface area (Å²) < 4.78 is 12.1. The van der Waals surface area contributed by atoms with Crippen LogP contribution in [0.3, 0.4) is 0 Å². The standard InChI is InChI=1S/C12H12N2O4/c15-11-8-4-6-3-7(8)10(17-11)9(6)18-12(16)14-2-1-13-5-14/h1-2,5-10H,3-4H2. The Labute approximate surface area is 103 Å². The third-order valence-electron chi connectivity index (χ3n) is 4.37. The Balaban J connectivity index is 1.54. The zero-order chi connectivity index (χ0) is 12.3. The highest BCUT2D eigenvalue weighted by Gasteiger charge is 2.63. The second-order valence-corrected chi connectivity index (χ2v) is 5.22. The molecule has 0 N–H and O–H groups in total. The molecule has 0 aromatic carbocycles. The van der Waals surface area contributed by atoms with E-state index in [1.54, 1.807) is 6.20 Å². The molecule has 2 aliphatic carbocycles. The SMILES string of the molecule is O=C1OC2C3CC(CC13)C2OC(=O)n1ccnc1. The van der Waals surface area contributed by atoms with Crippen molar-refractivity contribution in [1.29, 1.82) is 0 Å². The number of rotatable bonds is 1. The lowest BCUT2D eigenvalue weighted by Gasteiger charge is -2.24. The fourth-order valence-electron chi connectivity index (χ4n) is 3.61. The lowest BCUT2D eigenvalue weighted by atomic mass is 9.88. The molecule has 5 atom stereocenters. The molecule has 2 saturated carbocycles. The topological polar surface area (TPSA) is 70.4 Å². The average molecular weight is 248 g/mol. The van der Waals surface area contributed by atoms with Crippen LogP contribution in [0, 0.1) is 17.8 Å². The van der Waals surface area contributed by atoms with E-state index in [1.807, 2.05) is 0 Å². The van der Waals surface area contributed by atoms with Gasteiger partial charge < -0.3 is 9.47 Å². The van der Waals surface area contributed by atoms with Crippen LogP contribution < -0.4 is 0 Å². The average Bonchev–Trinajstić information content (AvgIpc) is 3.06. The first-order valence-electron chi connectivity index (χ1n) is 6.13. The summed E-state index contributed by atoms with van der Waals surface area (Å²) in [6.07, 6.45) is 5.22. The van der Waals surface area contributed by atoms with E-state index in [4.69, 9.17) is 9.47 Å². The van der Waals surface area contributed by atoms with Crippen LogP contribution in [0.25, 0.3) is 0 Å². The molecule has 4 rings (SSSR count). The molecule has 0 radical (unpaired) electrons. The quantitative estimate of drug-likeness (QED) is 0.688. The van der Waals surface area contributed by atoms with Gasteiger partial charge in [0.05, 0.1) is 5.92 Å². The first kappa shape index (κ1) is 10.1. The first-order chi connectivity index (χ1) is 8.74. The Morgan fingerprint density at radius 2 is 2.39 bits per heavy atom. The van der Waals surface area contributed by atoms with Crippen LogP contribution in [0.15, 0.2) is 18.7 Å². The van der Waals surface area contributed by atoms with Crippen LogP contribution >= 0.6 is 0 Å². The molecule has 0 spiro atoms. The number of aromatic nitrogens is 2. The van der Waals surface area contributed by atoms with Crippen molar-refractivity contribution < 1.29 is 19.1 Å². The minimum atomic E-state index is -0.454. The van der Waals surface area contributed by atoms with E-state index in [0.717, 1.165) is 12.8 Å². The predicted octanol–water partition coefficient (Wildman–Crippen LogP) is 0.818. The van der Waals surface area contributed by atoms with Crippen molar-refractivity contribution >= 4 is 12.1 Å². The Hall–Kier alpha value is -1.85. The van der Waals surface area contributed by atoms with Gasteiger partial charge >= 0.3 is 12.1 Å². The van der Waals surface area contributed by atoms with Gasteiger partial charge in [0, 0.05) is 24.2 Å². The molecule has 18 heavy (non-hydrogen) atoms. The Bertz CT molecular complexity index is 512. The summed E-state index contributed by atoms with van der Waals surface area (Å²) in [4.78, 5) is 27.2. The van der Waals surface area contributed by atoms with Crippen molar-refractivity contribution in [2.75, 3.05) is 0 Å². The zero-order valence-corrected chi connectivity index (χ0v) is 9.56. The van der Waals surface area contributed by atoms with Gasteiger partial charge in [-0.15, -0.1) is 0 Å². The van der Waals surface area contributed by atoms with Crippen molar-refractivity contribution in [3.05, 3.63) is 18.7 Å². The van der Waals surface area contributed by atoms with E-state index in [2.05, 4.69) is 4.98 Å². The van der Waals surface area contributed by atoms with Gasteiger partial charge in [0.2, 0.25) is 0 Å². The molecule has 5 unspecified atom stereocenters. The van der Waals surface area contributed by atoms with Crippen LogP contribution in [-0.2, 0) is 14.3 Å². The molecule has 94 valence electrons. The van der Waals surface area contributed by atoms with Crippen molar-refractivity contribution in [3.63, 3.8) is 0 Å². The summed E-state index contributed by atoms with van der Waals surface area (Å²) in [6.45, 7) is 0. The summed E-state index contributed by atoms with van der Waals surface area (Å²) >= 11 is 0. The van der Waals surface area contributed by atoms with E-state index in [-0.39, 0.29) is 35.9 Å². The molecule has 2 bridgehead atoms. The Morgan fingerprint density at radius 3 is 3.17 bits per heavy atom. The molecule has 2 heterocycles. The van der Waals surface area contributed by atoms with Gasteiger partial charge in [-0.3, -0.25) is 4.79 Å². The van der Waals surface area contributed by atoms with Gasteiger partial charge in [-0.25, -0.2) is 14.3 Å². The fourth-order valence-corrected chi connectivity index (χ4v) is 3.61. The maximum atomic E-state index is 11.9. The van der Waals surface area contributed by atoms with Crippen LogP contribution in [0.2, 0.25) is 0 Å². The van der Waals surface area contributed by atoms with Gasteiger partial charge in [-0.2, -0.15) is 0 Å². The largest absolute Gasteiger partial charge is 0.458 e. The van der Waals surface area contributed by atoms with E-state index in [1.165, 1.54) is 17.1 Å². The van der Waals surface area contributed by atoms with Crippen molar-refractivity contribution in [2.45, 2.75) is 25.0 Å². The van der Waals surface area contributed by atoms with Crippen LogP contribution in [0.1, 0.15) is 12.8 Å². The van der Waals surface area contributed by atoms with Gasteiger partial charge in [0.15, 0.2) is 0 Å². The molecule has 6 nitrogen and oxygen atoms in total. The third kappa shape index (κ3) is 1.20. The lowest BCUT2D eigenvalue weighted by molar-refractivity contribution is -0.145. The van der Waals surface area contributed by atoms with Crippen LogP contribution in [0.5, 0.6) is 0 Å². The molecule has 1 aromatic rings. The summed E-state index contributed by atoms with van der Waals surface area (Å²) in [5.41, 5.74) is 0. The van der Waals surface area contributed by atoms with Crippen molar-refractivity contribution in [1.82, 2.24) is 9.55 Å². The maximum Gasteiger partial charge on any atom is 0.419 e. The van der Waals surface area contributed by atoms with E-state index in [0.29, 0.717) is 0 Å². The summed E-state index contributed by atoms with van der Waals surface area (Å²) in [7, 11) is 0. The number of carbonyl (C=O) groups is 2. The van der Waals surface area contributed by atoms with Crippen molar-refractivity contribution in [2.24, 2.45) is 17.8 Å². The number of fused-ring (bicyclic) bond motifs is 1. The number of hydrogen-bond acceptors (Lipinski definition) is 5. The Morgan fingerprint density at radius 1 is 1.50 bits per heavy atom. The highest BCUT2D eigenvalue weighted by Crippen LogP contribution is 2.55. The van der Waals surface area contributed by atoms with Crippen molar-refractivity contribution in [3.8, 4) is 0 Å². The molecular weight excluding hydrogens is 236 g/mol. The number of imidazole rings is 1. The molecular formula is C12H12N2O4. The molecule has 1 aliphatic heterocycles. The number of nitrogens with zero attached hydrogens (tertiary/aromatic N) is 2. The summed E-state index contributed by atoms with van der Waals surface area (Å²) in [5, 5.41) is 0. The summed E-state index contributed by atoms with van der Waals surface area (Å²) in [6, 6.07) is 0. The fraction of sp³-hybridized carbons (Fsp3) is 0.583. The molecule has 3 fully saturated rings. The first-order valence-corrected chi connectivity index (χ1v) is 6.13. The summed E-state index contributed by atoms with van der Waals surface area (Å²) in [5.74, 6) is 0.448.